The highest BCUT2D eigenvalue weighted by Crippen LogP contribution is 2.31. The summed E-state index contributed by atoms with van der Waals surface area (Å²) >= 11 is 6.55. The first-order valence-corrected chi connectivity index (χ1v) is 11.4. The molecule has 1 aromatic rings. The second-order valence-electron chi connectivity index (χ2n) is 9.04. The number of piperazine rings is 1. The molecule has 1 aromatic carbocycles. The average Bonchev–Trinajstić information content (AvgIpc) is 3.08. The molecule has 0 radical (unpaired) electrons. The number of rotatable bonds is 6. The van der Waals surface area contributed by atoms with E-state index in [0.29, 0.717) is 36.9 Å². The molecule has 1 fully saturated rings. The first kappa shape index (κ1) is 25.6. The van der Waals surface area contributed by atoms with Gasteiger partial charge < -0.3 is 34.6 Å². The lowest BCUT2D eigenvalue weighted by Gasteiger charge is -2.37. The highest BCUT2D eigenvalue weighted by atomic mass is 35.5. The van der Waals surface area contributed by atoms with E-state index in [1.807, 2.05) is 26.8 Å². The standard InChI is InChI=1S/C23H31ClN4O6/c1-23(2,3)34-22(32)27-9-7-26(8-10-27)18-6-5-15(13-17(18)24)25-19-16(21(31)33-4)14-28(11-12-29)20(19)30/h5-6,13,25,29H,7-12,14H2,1-4H3. The maximum Gasteiger partial charge on any atom is 0.410 e. The quantitative estimate of drug-likeness (QED) is 0.578. The first-order chi connectivity index (χ1) is 16.0. The van der Waals surface area contributed by atoms with E-state index in [1.54, 1.807) is 17.0 Å². The number of aliphatic hydroxyl groups is 1. The van der Waals surface area contributed by atoms with Crippen LogP contribution in [0.4, 0.5) is 16.2 Å². The van der Waals surface area contributed by atoms with Crippen molar-refractivity contribution in [2.75, 3.05) is 63.2 Å². The first-order valence-electron chi connectivity index (χ1n) is 11.0. The highest BCUT2D eigenvalue weighted by molar-refractivity contribution is 6.33. The molecule has 186 valence electrons. The van der Waals surface area contributed by atoms with Crippen molar-refractivity contribution in [3.63, 3.8) is 0 Å². The van der Waals surface area contributed by atoms with Crippen LogP contribution in [-0.4, -0.2) is 91.5 Å². The second-order valence-corrected chi connectivity index (χ2v) is 9.45. The number of carbonyl (C=O) groups excluding carboxylic acids is 3. The average molecular weight is 495 g/mol. The van der Waals surface area contributed by atoms with Gasteiger partial charge in [-0.25, -0.2) is 9.59 Å². The summed E-state index contributed by atoms with van der Waals surface area (Å²) in [7, 11) is 1.25. The third kappa shape index (κ3) is 5.92. The minimum atomic E-state index is -0.609. The van der Waals surface area contributed by atoms with Crippen LogP contribution in [0, 0.1) is 0 Å². The molecular weight excluding hydrogens is 464 g/mol. The van der Waals surface area contributed by atoms with E-state index in [2.05, 4.69) is 10.2 Å². The molecule has 0 saturated carbocycles. The summed E-state index contributed by atoms with van der Waals surface area (Å²) in [5.74, 6) is -1.00. The number of carbonyl (C=O) groups is 3. The van der Waals surface area contributed by atoms with Crippen LogP contribution < -0.4 is 10.2 Å². The number of nitrogens with one attached hydrogen (secondary N) is 1. The summed E-state index contributed by atoms with van der Waals surface area (Å²) in [6.07, 6.45) is -0.330. The lowest BCUT2D eigenvalue weighted by molar-refractivity contribution is -0.136. The van der Waals surface area contributed by atoms with Gasteiger partial charge in [-0.3, -0.25) is 4.79 Å². The summed E-state index contributed by atoms with van der Waals surface area (Å²) in [4.78, 5) is 42.3. The zero-order chi connectivity index (χ0) is 25.0. The number of ether oxygens (including phenoxy) is 2. The van der Waals surface area contributed by atoms with Gasteiger partial charge in [0.15, 0.2) is 0 Å². The minimum absolute atomic E-state index is 0.0577. The van der Waals surface area contributed by atoms with E-state index in [1.165, 1.54) is 12.0 Å². The molecular formula is C23H31ClN4O6. The topological polar surface area (TPSA) is 112 Å². The molecule has 2 heterocycles. The fourth-order valence-electron chi connectivity index (χ4n) is 3.79. The SMILES string of the molecule is COC(=O)C1=C(Nc2ccc(N3CCN(C(=O)OC(C)(C)C)CC3)c(Cl)c2)C(=O)N(CCO)C1. The predicted molar refractivity (Wildman–Crippen MR) is 128 cm³/mol. The van der Waals surface area contributed by atoms with Crippen molar-refractivity contribution in [1.82, 2.24) is 9.80 Å². The molecule has 2 amide bonds. The van der Waals surface area contributed by atoms with Gasteiger partial charge in [-0.15, -0.1) is 0 Å². The second kappa shape index (κ2) is 10.5. The van der Waals surface area contributed by atoms with Gasteiger partial charge in [0.05, 0.1) is 36.5 Å². The van der Waals surface area contributed by atoms with Gasteiger partial charge in [0, 0.05) is 38.4 Å². The number of halogens is 1. The molecule has 0 unspecified atom stereocenters. The smallest absolute Gasteiger partial charge is 0.410 e. The van der Waals surface area contributed by atoms with Crippen LogP contribution in [-0.2, 0) is 19.1 Å². The van der Waals surface area contributed by atoms with E-state index >= 15 is 0 Å². The summed E-state index contributed by atoms with van der Waals surface area (Å²) in [5, 5.41) is 12.6. The zero-order valence-electron chi connectivity index (χ0n) is 19.9. The Kier molecular flexibility index (Phi) is 7.93. The van der Waals surface area contributed by atoms with Crippen LogP contribution in [0.2, 0.25) is 5.02 Å². The van der Waals surface area contributed by atoms with Crippen molar-refractivity contribution < 1.29 is 29.0 Å². The summed E-state index contributed by atoms with van der Waals surface area (Å²) in [5.41, 5.74) is 1.10. The molecule has 0 bridgehead atoms. The normalized spacial score (nSPS) is 16.8. The summed E-state index contributed by atoms with van der Waals surface area (Å²) in [6, 6.07) is 5.28. The molecule has 11 heteroatoms. The van der Waals surface area contributed by atoms with Crippen molar-refractivity contribution in [2.24, 2.45) is 0 Å². The number of β-amino-alcohol motifs (C(OH)–C–C–N with tert-alkyl or cyclic N) is 1. The molecule has 2 N–H and O–H groups in total. The molecule has 10 nitrogen and oxygen atoms in total. The maximum absolute atomic E-state index is 12.7. The summed E-state index contributed by atoms with van der Waals surface area (Å²) in [6.45, 7) is 7.68. The minimum Gasteiger partial charge on any atom is -0.466 e. The van der Waals surface area contributed by atoms with Crippen LogP contribution >= 0.6 is 11.6 Å². The van der Waals surface area contributed by atoms with Crippen molar-refractivity contribution in [2.45, 2.75) is 26.4 Å². The fourth-order valence-corrected chi connectivity index (χ4v) is 4.09. The van der Waals surface area contributed by atoms with E-state index < -0.39 is 17.5 Å². The Hall–Kier alpha value is -2.98. The molecule has 0 aliphatic carbocycles. The largest absolute Gasteiger partial charge is 0.466 e. The Bertz CT molecular complexity index is 982. The molecule has 2 aliphatic rings. The lowest BCUT2D eigenvalue weighted by atomic mass is 10.2. The van der Waals surface area contributed by atoms with Crippen LogP contribution in [0.15, 0.2) is 29.5 Å². The van der Waals surface area contributed by atoms with Crippen molar-refractivity contribution >= 4 is 40.9 Å². The van der Waals surface area contributed by atoms with Gasteiger partial charge in [0.2, 0.25) is 0 Å². The van der Waals surface area contributed by atoms with Gasteiger partial charge in [-0.1, -0.05) is 11.6 Å². The third-order valence-corrected chi connectivity index (χ3v) is 5.75. The van der Waals surface area contributed by atoms with E-state index in [9.17, 15) is 19.5 Å². The van der Waals surface area contributed by atoms with Crippen molar-refractivity contribution in [1.29, 1.82) is 0 Å². The number of esters is 1. The molecule has 0 spiro atoms. The van der Waals surface area contributed by atoms with Crippen molar-refractivity contribution in [3.05, 3.63) is 34.5 Å². The number of amides is 2. The van der Waals surface area contributed by atoms with Crippen LogP contribution in [0.5, 0.6) is 0 Å². The Balaban J connectivity index is 1.69. The number of methoxy groups -OCH3 is 1. The molecule has 2 aliphatic heterocycles. The van der Waals surface area contributed by atoms with Gasteiger partial charge in [-0.05, 0) is 39.0 Å². The Morgan fingerprint density at radius 2 is 1.85 bits per heavy atom. The zero-order valence-corrected chi connectivity index (χ0v) is 20.6. The lowest BCUT2D eigenvalue weighted by Crippen LogP contribution is -2.50. The Labute approximate surface area is 204 Å². The number of hydrogen-bond donors (Lipinski definition) is 2. The number of anilines is 2. The Morgan fingerprint density at radius 3 is 2.41 bits per heavy atom. The number of benzene rings is 1. The van der Waals surface area contributed by atoms with Gasteiger partial charge in [0.25, 0.3) is 5.91 Å². The van der Waals surface area contributed by atoms with Crippen LogP contribution in [0.1, 0.15) is 20.8 Å². The predicted octanol–water partition coefficient (Wildman–Crippen LogP) is 2.07. The van der Waals surface area contributed by atoms with E-state index in [-0.39, 0.29) is 37.1 Å². The van der Waals surface area contributed by atoms with Gasteiger partial charge >= 0.3 is 12.1 Å². The monoisotopic (exact) mass is 494 g/mol. The molecule has 3 rings (SSSR count). The van der Waals surface area contributed by atoms with Crippen LogP contribution in [0.25, 0.3) is 0 Å². The highest BCUT2D eigenvalue weighted by Gasteiger charge is 2.34. The van der Waals surface area contributed by atoms with Gasteiger partial charge in [-0.2, -0.15) is 0 Å². The number of nitrogens with zero attached hydrogens (tertiary/aromatic N) is 3. The van der Waals surface area contributed by atoms with Crippen molar-refractivity contribution in [3.8, 4) is 0 Å². The van der Waals surface area contributed by atoms with Gasteiger partial charge in [0.1, 0.15) is 11.3 Å². The number of aliphatic hydroxyl groups excluding tert-OH is 1. The number of hydrogen-bond acceptors (Lipinski definition) is 8. The third-order valence-electron chi connectivity index (χ3n) is 5.44. The molecule has 34 heavy (non-hydrogen) atoms. The maximum atomic E-state index is 12.7. The molecule has 0 atom stereocenters. The van der Waals surface area contributed by atoms with E-state index in [0.717, 1.165) is 5.69 Å². The van der Waals surface area contributed by atoms with E-state index in [4.69, 9.17) is 21.1 Å². The Morgan fingerprint density at radius 1 is 1.18 bits per heavy atom. The molecule has 0 aromatic heterocycles. The van der Waals surface area contributed by atoms with Crippen LogP contribution in [0.3, 0.4) is 0 Å². The summed E-state index contributed by atoms with van der Waals surface area (Å²) < 4.78 is 10.2. The fraction of sp³-hybridized carbons (Fsp3) is 0.522. The molecule has 1 saturated heterocycles.